The Hall–Kier alpha value is -2.06. The molecule has 180 valence electrons. The Balaban J connectivity index is 0.000000534. The second kappa shape index (κ2) is 10.3. The summed E-state index contributed by atoms with van der Waals surface area (Å²) >= 11 is 0. The lowest BCUT2D eigenvalue weighted by atomic mass is 10.0. The molecular weight excluding hydrogens is 464 g/mol. The van der Waals surface area contributed by atoms with Crippen LogP contribution in [-0.4, -0.2) is 103 Å². The van der Waals surface area contributed by atoms with E-state index in [-0.39, 0.29) is 29.5 Å². The van der Waals surface area contributed by atoms with Crippen LogP contribution in [0.15, 0.2) is 29.2 Å². The lowest BCUT2D eigenvalue weighted by Crippen LogP contribution is -2.54. The van der Waals surface area contributed by atoms with Crippen LogP contribution in [0, 0.1) is 0 Å². The van der Waals surface area contributed by atoms with E-state index in [1.807, 2.05) is 17.0 Å². The highest BCUT2D eigenvalue weighted by Crippen LogP contribution is 2.24. The van der Waals surface area contributed by atoms with Crippen LogP contribution in [0.4, 0.5) is 0 Å². The van der Waals surface area contributed by atoms with Crippen LogP contribution in [0.1, 0.15) is 25.3 Å². The molecular formula is C19H28N2O9S2. The number of piperazine rings is 1. The lowest BCUT2D eigenvalue weighted by molar-refractivity contribution is -0.159. The van der Waals surface area contributed by atoms with Gasteiger partial charge in [-0.3, -0.25) is 4.90 Å². The Morgan fingerprint density at radius 3 is 1.84 bits per heavy atom. The Bertz CT molecular complexity index is 1020. The normalized spacial score (nSPS) is 24.0. The summed E-state index contributed by atoms with van der Waals surface area (Å²) in [7, 11) is -6.78. The van der Waals surface area contributed by atoms with Crippen LogP contribution in [0.5, 0.6) is 0 Å². The first-order chi connectivity index (χ1) is 14.7. The predicted octanol–water partition coefficient (Wildman–Crippen LogP) is -0.570. The van der Waals surface area contributed by atoms with Crippen molar-refractivity contribution in [3.05, 3.63) is 29.8 Å². The van der Waals surface area contributed by atoms with Crippen molar-refractivity contribution in [2.24, 2.45) is 0 Å². The number of hydrogen-bond donors (Lipinski definition) is 3. The SMILES string of the molecule is CC(C)c1ccc(S(=O)(=O)N2CCN(C3CS(=O)(=O)CC3O)CC2)cc1.O=C(O)C(=O)O. The largest absolute Gasteiger partial charge is 0.473 e. The smallest absolute Gasteiger partial charge is 0.414 e. The third-order valence-electron chi connectivity index (χ3n) is 5.40. The highest BCUT2D eigenvalue weighted by molar-refractivity contribution is 7.91. The Kier molecular flexibility index (Phi) is 8.39. The van der Waals surface area contributed by atoms with E-state index in [0.29, 0.717) is 19.0 Å². The summed E-state index contributed by atoms with van der Waals surface area (Å²) in [5.74, 6) is -3.58. The minimum absolute atomic E-state index is 0.0580. The van der Waals surface area contributed by atoms with Crippen LogP contribution in [-0.2, 0) is 29.4 Å². The minimum Gasteiger partial charge on any atom is -0.473 e. The van der Waals surface area contributed by atoms with Gasteiger partial charge in [-0.25, -0.2) is 26.4 Å². The first-order valence-electron chi connectivity index (χ1n) is 9.93. The number of sulfone groups is 1. The number of carboxylic acids is 2. The van der Waals surface area contributed by atoms with Gasteiger partial charge in [0.05, 0.1) is 28.5 Å². The molecule has 0 spiro atoms. The van der Waals surface area contributed by atoms with Crippen molar-refractivity contribution in [2.45, 2.75) is 36.8 Å². The van der Waals surface area contributed by atoms with Crippen molar-refractivity contribution >= 4 is 31.8 Å². The topological polar surface area (TPSA) is 170 Å². The molecule has 0 bridgehead atoms. The summed E-state index contributed by atoms with van der Waals surface area (Å²) in [6.07, 6.45) is -0.897. The number of sulfonamides is 1. The molecule has 0 amide bonds. The summed E-state index contributed by atoms with van der Waals surface area (Å²) in [5.41, 5.74) is 1.09. The average molecular weight is 493 g/mol. The van der Waals surface area contributed by atoms with Crippen LogP contribution in [0.25, 0.3) is 0 Å². The molecule has 2 fully saturated rings. The molecule has 2 atom stereocenters. The van der Waals surface area contributed by atoms with Gasteiger partial charge in [-0.1, -0.05) is 26.0 Å². The zero-order valence-electron chi connectivity index (χ0n) is 17.8. The molecule has 13 heteroatoms. The summed E-state index contributed by atoms with van der Waals surface area (Å²) < 4.78 is 50.5. The molecule has 32 heavy (non-hydrogen) atoms. The summed E-state index contributed by atoms with van der Waals surface area (Å²) in [4.78, 5) is 20.4. The van der Waals surface area contributed by atoms with E-state index in [1.54, 1.807) is 12.1 Å². The number of aliphatic hydroxyl groups is 1. The van der Waals surface area contributed by atoms with E-state index >= 15 is 0 Å². The van der Waals surface area contributed by atoms with Gasteiger partial charge in [0.25, 0.3) is 0 Å². The number of aliphatic carboxylic acids is 2. The fourth-order valence-electron chi connectivity index (χ4n) is 3.61. The second-order valence-electron chi connectivity index (χ2n) is 7.99. The minimum atomic E-state index is -3.56. The molecule has 2 unspecified atom stereocenters. The number of aliphatic hydroxyl groups excluding tert-OH is 1. The highest BCUT2D eigenvalue weighted by atomic mass is 32.2. The van der Waals surface area contributed by atoms with E-state index in [0.717, 1.165) is 5.56 Å². The predicted molar refractivity (Wildman–Crippen MR) is 115 cm³/mol. The van der Waals surface area contributed by atoms with E-state index in [2.05, 4.69) is 13.8 Å². The molecule has 2 heterocycles. The van der Waals surface area contributed by atoms with E-state index < -0.39 is 43.9 Å². The number of carbonyl (C=O) groups is 2. The quantitative estimate of drug-likeness (QED) is 0.463. The molecule has 2 aliphatic rings. The van der Waals surface area contributed by atoms with Crippen molar-refractivity contribution in [3.63, 3.8) is 0 Å². The molecule has 0 saturated carbocycles. The van der Waals surface area contributed by atoms with Gasteiger partial charge in [-0.05, 0) is 23.6 Å². The fraction of sp³-hybridized carbons (Fsp3) is 0.579. The zero-order valence-corrected chi connectivity index (χ0v) is 19.4. The van der Waals surface area contributed by atoms with Gasteiger partial charge in [0.1, 0.15) is 0 Å². The van der Waals surface area contributed by atoms with Crippen LogP contribution in [0.2, 0.25) is 0 Å². The highest BCUT2D eigenvalue weighted by Gasteiger charge is 2.41. The third kappa shape index (κ3) is 6.48. The first kappa shape index (κ1) is 26.2. The molecule has 3 rings (SSSR count). The second-order valence-corrected chi connectivity index (χ2v) is 12.1. The van der Waals surface area contributed by atoms with Gasteiger partial charge in [0, 0.05) is 26.2 Å². The van der Waals surface area contributed by atoms with Crippen molar-refractivity contribution in [3.8, 4) is 0 Å². The molecule has 0 aromatic heterocycles. The van der Waals surface area contributed by atoms with Gasteiger partial charge in [-0.2, -0.15) is 4.31 Å². The summed E-state index contributed by atoms with van der Waals surface area (Å²) in [6.45, 7) is 5.52. The molecule has 0 radical (unpaired) electrons. The Labute approximate surface area is 187 Å². The van der Waals surface area contributed by atoms with Crippen LogP contribution in [0.3, 0.4) is 0 Å². The molecule has 1 aromatic carbocycles. The van der Waals surface area contributed by atoms with E-state index in [9.17, 15) is 21.9 Å². The third-order valence-corrected chi connectivity index (χ3v) is 9.01. The summed E-state index contributed by atoms with van der Waals surface area (Å²) in [6, 6.07) is 6.53. The first-order valence-corrected chi connectivity index (χ1v) is 13.2. The molecule has 11 nitrogen and oxygen atoms in total. The zero-order chi connectivity index (χ0) is 24.3. The maximum atomic E-state index is 12.8. The Morgan fingerprint density at radius 1 is 0.969 bits per heavy atom. The lowest BCUT2D eigenvalue weighted by Gasteiger charge is -2.37. The van der Waals surface area contributed by atoms with Crippen LogP contribution < -0.4 is 0 Å². The fourth-order valence-corrected chi connectivity index (χ4v) is 6.86. The molecule has 0 aliphatic carbocycles. The van der Waals surface area contributed by atoms with Gasteiger partial charge >= 0.3 is 11.9 Å². The van der Waals surface area contributed by atoms with Crippen LogP contribution >= 0.6 is 0 Å². The number of benzene rings is 1. The van der Waals surface area contributed by atoms with Gasteiger partial charge in [-0.15, -0.1) is 0 Å². The van der Waals surface area contributed by atoms with E-state index in [1.165, 1.54) is 4.31 Å². The van der Waals surface area contributed by atoms with Crippen molar-refractivity contribution < 1.29 is 41.7 Å². The van der Waals surface area contributed by atoms with Gasteiger partial charge < -0.3 is 15.3 Å². The van der Waals surface area contributed by atoms with Crippen molar-refractivity contribution in [2.75, 3.05) is 37.7 Å². The number of nitrogens with zero attached hydrogens (tertiary/aromatic N) is 2. The van der Waals surface area contributed by atoms with E-state index in [4.69, 9.17) is 19.8 Å². The number of carboxylic acid groups (broad SMARTS) is 2. The molecule has 2 aliphatic heterocycles. The number of rotatable bonds is 4. The average Bonchev–Trinajstić information content (AvgIpc) is 3.00. The van der Waals surface area contributed by atoms with Gasteiger partial charge in [0.15, 0.2) is 9.84 Å². The maximum absolute atomic E-state index is 12.8. The monoisotopic (exact) mass is 492 g/mol. The maximum Gasteiger partial charge on any atom is 0.414 e. The number of hydrogen-bond acceptors (Lipinski definition) is 8. The molecule has 2 saturated heterocycles. The summed E-state index contributed by atoms with van der Waals surface area (Å²) in [5, 5.41) is 24.8. The van der Waals surface area contributed by atoms with Crippen molar-refractivity contribution in [1.82, 2.24) is 9.21 Å². The standard InChI is InChI=1S/C17H26N2O5S2.C2H2O4/c1-13(2)14-3-5-15(6-4-14)26(23,24)19-9-7-18(8-10-19)16-11-25(21,22)12-17(16)20;3-1(4)2(5)6/h3-6,13,16-17,20H,7-12H2,1-2H3;(H,3,4)(H,5,6). The Morgan fingerprint density at radius 2 is 1.47 bits per heavy atom. The van der Waals surface area contributed by atoms with Gasteiger partial charge in [0.2, 0.25) is 10.0 Å². The molecule has 3 N–H and O–H groups in total. The molecule has 1 aromatic rings. The van der Waals surface area contributed by atoms with Crippen molar-refractivity contribution in [1.29, 1.82) is 0 Å².